The number of fused-ring (bicyclic) bond motifs is 2. The van der Waals surface area contributed by atoms with Gasteiger partial charge in [0.1, 0.15) is 11.3 Å². The second-order valence-corrected chi connectivity index (χ2v) is 17.8. The molecule has 0 aliphatic rings. The van der Waals surface area contributed by atoms with Crippen LogP contribution < -0.4 is 9.80 Å². The van der Waals surface area contributed by atoms with Crippen LogP contribution in [0.4, 0.5) is 34.1 Å². The molecule has 0 radical (unpaired) electrons. The van der Waals surface area contributed by atoms with Gasteiger partial charge < -0.3 is 9.80 Å². The average molecular weight is 901 g/mol. The normalized spacial score (nSPS) is 11.3. The molecule has 0 saturated heterocycles. The highest BCUT2D eigenvalue weighted by Gasteiger charge is 2.21. The lowest BCUT2D eigenvalue weighted by Gasteiger charge is -2.27. The molecule has 12 rings (SSSR count). The van der Waals surface area contributed by atoms with Crippen LogP contribution in [0.2, 0.25) is 0 Å². The van der Waals surface area contributed by atoms with E-state index in [4.69, 9.17) is 9.97 Å². The molecule has 8 aromatic carbocycles. The van der Waals surface area contributed by atoms with Gasteiger partial charge in [0.15, 0.2) is 0 Å². The number of nitrogens with zero attached hydrogens (tertiary/aromatic N) is 6. The zero-order valence-electron chi connectivity index (χ0n) is 38.9. The molecule has 0 saturated carbocycles. The molecule has 4 heterocycles. The summed E-state index contributed by atoms with van der Waals surface area (Å²) in [7, 11) is 0. The molecule has 70 heavy (non-hydrogen) atoms. The first-order chi connectivity index (χ1) is 34.5. The smallest absolute Gasteiger partial charge is 0.137 e. The van der Waals surface area contributed by atoms with E-state index in [1.54, 1.807) is 0 Å². The number of imidazole rings is 2. The van der Waals surface area contributed by atoms with Gasteiger partial charge in [-0.2, -0.15) is 0 Å². The van der Waals surface area contributed by atoms with Crippen molar-refractivity contribution in [3.8, 4) is 56.2 Å². The van der Waals surface area contributed by atoms with Crippen LogP contribution in [-0.2, 0) is 0 Å². The van der Waals surface area contributed by atoms with E-state index in [1.165, 1.54) is 11.1 Å². The second-order valence-electron chi connectivity index (χ2n) is 17.8. The van der Waals surface area contributed by atoms with Gasteiger partial charge in [-0.05, 0) is 134 Å². The van der Waals surface area contributed by atoms with Crippen LogP contribution in [0.1, 0.15) is 11.1 Å². The van der Waals surface area contributed by atoms with Crippen molar-refractivity contribution in [2.75, 3.05) is 9.80 Å². The summed E-state index contributed by atoms with van der Waals surface area (Å²) in [6.07, 6.45) is 4.21. The fraction of sp³-hybridized carbons (Fsp3) is 0.0312. The Balaban J connectivity index is 0.886. The topological polar surface area (TPSA) is 41.1 Å². The Morgan fingerprint density at radius 3 is 1.06 bits per heavy atom. The summed E-state index contributed by atoms with van der Waals surface area (Å²) in [6.45, 7) is 4.26. The Bertz CT molecular complexity index is 3540. The Labute approximate surface area is 408 Å². The van der Waals surface area contributed by atoms with E-state index in [1.807, 2.05) is 12.1 Å². The first kappa shape index (κ1) is 42.1. The van der Waals surface area contributed by atoms with Crippen molar-refractivity contribution in [1.29, 1.82) is 0 Å². The van der Waals surface area contributed by atoms with Crippen molar-refractivity contribution in [3.05, 3.63) is 266 Å². The van der Waals surface area contributed by atoms with E-state index in [0.29, 0.717) is 0 Å². The predicted octanol–water partition coefficient (Wildman–Crippen LogP) is 16.9. The molecule has 334 valence electrons. The molecule has 6 heteroatoms. The second kappa shape index (κ2) is 18.1. The SMILES string of the molecule is Cc1cccc(-c2nc3ccccn3c2-c2cccc(N(c3ccccc3)c3ccc(-c4ccc(N(c5ccccc5)c5cccc(-c6c(-c7cccc(C)c7)nc7ccccn67)c5)cc4)cc3)c2)c1. The molecule has 0 aliphatic heterocycles. The molecule has 0 bridgehead atoms. The molecule has 0 N–H and O–H groups in total. The van der Waals surface area contributed by atoms with Crippen molar-refractivity contribution in [1.82, 2.24) is 18.8 Å². The van der Waals surface area contributed by atoms with Crippen molar-refractivity contribution >= 4 is 45.4 Å². The van der Waals surface area contributed by atoms with Gasteiger partial charge in [-0.25, -0.2) is 9.97 Å². The summed E-state index contributed by atoms with van der Waals surface area (Å²) in [5.41, 5.74) is 21.3. The van der Waals surface area contributed by atoms with Crippen LogP contribution in [0, 0.1) is 13.8 Å². The Morgan fingerprint density at radius 1 is 0.286 bits per heavy atom. The summed E-state index contributed by atoms with van der Waals surface area (Å²) in [5.74, 6) is 0. The molecule has 12 aromatic rings. The van der Waals surface area contributed by atoms with E-state index < -0.39 is 0 Å². The van der Waals surface area contributed by atoms with Crippen LogP contribution >= 0.6 is 0 Å². The quantitative estimate of drug-likeness (QED) is 0.130. The van der Waals surface area contributed by atoms with Gasteiger partial charge in [0, 0.05) is 68.8 Å². The number of anilines is 6. The third kappa shape index (κ3) is 7.97. The molecule has 0 unspecified atom stereocenters. The maximum absolute atomic E-state index is 5.16. The lowest BCUT2D eigenvalue weighted by molar-refractivity contribution is 1.19. The van der Waals surface area contributed by atoms with Gasteiger partial charge >= 0.3 is 0 Å². The van der Waals surface area contributed by atoms with Crippen molar-refractivity contribution < 1.29 is 0 Å². The zero-order valence-corrected chi connectivity index (χ0v) is 38.9. The van der Waals surface area contributed by atoms with E-state index in [2.05, 4.69) is 275 Å². The fourth-order valence-corrected chi connectivity index (χ4v) is 9.77. The minimum absolute atomic E-state index is 0.914. The van der Waals surface area contributed by atoms with E-state index in [-0.39, 0.29) is 0 Å². The summed E-state index contributed by atoms with van der Waals surface area (Å²) >= 11 is 0. The Kier molecular flexibility index (Phi) is 10.9. The Hall–Kier alpha value is -9.26. The largest absolute Gasteiger partial charge is 0.310 e. The molecular formula is C64H48N6. The lowest BCUT2D eigenvalue weighted by Crippen LogP contribution is -2.10. The minimum Gasteiger partial charge on any atom is -0.310 e. The minimum atomic E-state index is 0.914. The lowest BCUT2D eigenvalue weighted by atomic mass is 10.0. The highest BCUT2D eigenvalue weighted by atomic mass is 15.1. The first-order valence-corrected chi connectivity index (χ1v) is 23.7. The number of pyridine rings is 2. The fourth-order valence-electron chi connectivity index (χ4n) is 9.77. The van der Waals surface area contributed by atoms with Gasteiger partial charge in [-0.1, -0.05) is 145 Å². The van der Waals surface area contributed by atoms with Crippen LogP contribution in [0.5, 0.6) is 0 Å². The van der Waals surface area contributed by atoms with Gasteiger partial charge in [0.05, 0.1) is 22.8 Å². The van der Waals surface area contributed by atoms with Gasteiger partial charge in [-0.3, -0.25) is 8.80 Å². The van der Waals surface area contributed by atoms with E-state index in [9.17, 15) is 0 Å². The van der Waals surface area contributed by atoms with Crippen molar-refractivity contribution in [2.45, 2.75) is 13.8 Å². The molecular weight excluding hydrogens is 853 g/mol. The van der Waals surface area contributed by atoms with Gasteiger partial charge in [0.2, 0.25) is 0 Å². The van der Waals surface area contributed by atoms with E-state index >= 15 is 0 Å². The summed E-state index contributed by atoms with van der Waals surface area (Å²) in [4.78, 5) is 15.0. The number of benzene rings is 8. The average Bonchev–Trinajstić information content (AvgIpc) is 4.00. The van der Waals surface area contributed by atoms with Crippen molar-refractivity contribution in [2.24, 2.45) is 0 Å². The molecule has 0 atom stereocenters. The third-order valence-electron chi connectivity index (χ3n) is 13.0. The third-order valence-corrected chi connectivity index (χ3v) is 13.0. The van der Waals surface area contributed by atoms with Crippen LogP contribution in [0.25, 0.3) is 67.5 Å². The number of rotatable bonds is 11. The maximum Gasteiger partial charge on any atom is 0.137 e. The molecule has 0 aliphatic carbocycles. The first-order valence-electron chi connectivity index (χ1n) is 23.7. The molecule has 0 spiro atoms. The number of aromatic nitrogens is 4. The number of hydrogen-bond donors (Lipinski definition) is 0. The molecule has 6 nitrogen and oxygen atoms in total. The Morgan fingerprint density at radius 2 is 0.643 bits per heavy atom. The highest BCUT2D eigenvalue weighted by Crippen LogP contribution is 2.42. The van der Waals surface area contributed by atoms with E-state index in [0.717, 1.165) is 102 Å². The molecule has 0 fully saturated rings. The standard InChI is InChI=1S/C64H48N6/c1-45-17-13-19-49(41-45)61-63(67-39-11-9-29-59(67)65-61)51-21-15-27-57(43-51)69(53-23-5-3-6-24-53)55-35-31-47(32-36-55)48-33-37-56(38-34-48)70(54-25-7-4-8-26-54)58-28-16-22-52(44-58)64-62(50-20-14-18-46(2)42-50)66-60-30-10-12-40-68(60)64/h3-44H,1-2H3. The van der Waals surface area contributed by atoms with Gasteiger partial charge in [0.25, 0.3) is 0 Å². The van der Waals surface area contributed by atoms with Crippen molar-refractivity contribution in [3.63, 3.8) is 0 Å². The summed E-state index contributed by atoms with van der Waals surface area (Å²) in [5, 5.41) is 0. The van der Waals surface area contributed by atoms with Crippen LogP contribution in [-0.4, -0.2) is 18.8 Å². The summed E-state index contributed by atoms with van der Waals surface area (Å²) in [6, 6.07) is 86.2. The number of hydrogen-bond acceptors (Lipinski definition) is 4. The van der Waals surface area contributed by atoms with Gasteiger partial charge in [-0.15, -0.1) is 0 Å². The zero-order chi connectivity index (χ0) is 47.0. The van der Waals surface area contributed by atoms with Crippen LogP contribution in [0.3, 0.4) is 0 Å². The number of para-hydroxylation sites is 2. The monoisotopic (exact) mass is 900 g/mol. The molecule has 0 amide bonds. The number of aryl methyl sites for hydroxylation is 2. The molecule has 4 aromatic heterocycles. The highest BCUT2D eigenvalue weighted by molar-refractivity contribution is 5.88. The predicted molar refractivity (Wildman–Crippen MR) is 290 cm³/mol. The summed E-state index contributed by atoms with van der Waals surface area (Å²) < 4.78 is 4.40. The maximum atomic E-state index is 5.16. The van der Waals surface area contributed by atoms with Crippen LogP contribution in [0.15, 0.2) is 255 Å².